The number of hydrogen-bond acceptors (Lipinski definition) is 5. The van der Waals surface area contributed by atoms with Crippen LogP contribution >= 0.6 is 0 Å². The monoisotopic (exact) mass is 268 g/mol. The van der Waals surface area contributed by atoms with Crippen LogP contribution in [0.25, 0.3) is 0 Å². The summed E-state index contributed by atoms with van der Waals surface area (Å²) in [7, 11) is 0. The molecule has 19 heavy (non-hydrogen) atoms. The Hall–Kier alpha value is -1.66. The zero-order valence-electron chi connectivity index (χ0n) is 10.4. The third kappa shape index (κ3) is 1.79. The van der Waals surface area contributed by atoms with E-state index in [1.807, 2.05) is 0 Å². The van der Waals surface area contributed by atoms with Gasteiger partial charge in [0, 0.05) is 5.41 Å². The van der Waals surface area contributed by atoms with Crippen LogP contribution in [0.4, 0.5) is 0 Å². The van der Waals surface area contributed by atoms with Crippen LogP contribution in [-0.2, 0) is 0 Å². The lowest BCUT2D eigenvalue weighted by molar-refractivity contribution is -0.620. The maximum atomic E-state index is 10.8. The summed E-state index contributed by atoms with van der Waals surface area (Å²) in [5.41, 5.74) is -0.704. The molecule has 4 aliphatic carbocycles. The first-order valence-corrected chi connectivity index (χ1v) is 6.64. The molecular weight excluding hydrogens is 252 g/mol. The number of aliphatic hydroxyl groups excluding tert-OH is 1. The fourth-order valence-corrected chi connectivity index (χ4v) is 4.88. The summed E-state index contributed by atoms with van der Waals surface area (Å²) in [6.45, 7) is 0. The number of rotatable bonds is 3. The summed E-state index contributed by atoms with van der Waals surface area (Å²) < 4.78 is 0. The highest BCUT2D eigenvalue weighted by Crippen LogP contribution is 2.62. The molecule has 0 spiro atoms. The van der Waals surface area contributed by atoms with E-state index in [1.165, 1.54) is 0 Å². The van der Waals surface area contributed by atoms with Crippen molar-refractivity contribution in [2.24, 2.45) is 23.2 Å². The molecule has 0 aromatic heterocycles. The minimum Gasteiger partial charge on any atom is -0.501 e. The lowest BCUT2D eigenvalue weighted by Crippen LogP contribution is -2.47. The first-order chi connectivity index (χ1) is 8.91. The fraction of sp³-hybridized carbons (Fsp3) is 0.833. The molecule has 0 atom stereocenters. The van der Waals surface area contributed by atoms with Crippen molar-refractivity contribution in [2.75, 3.05) is 0 Å². The number of nitro groups is 2. The van der Waals surface area contributed by atoms with E-state index in [9.17, 15) is 25.3 Å². The summed E-state index contributed by atoms with van der Waals surface area (Å²) in [5.74, 6) is -0.405. The van der Waals surface area contributed by atoms with Gasteiger partial charge in [0.25, 0.3) is 5.76 Å². The predicted octanol–water partition coefficient (Wildman–Crippen LogP) is 2.48. The van der Waals surface area contributed by atoms with E-state index < -0.39 is 26.8 Å². The summed E-state index contributed by atoms with van der Waals surface area (Å²) in [4.78, 5) is 19.5. The highest BCUT2D eigenvalue weighted by Gasteiger charge is 2.57. The van der Waals surface area contributed by atoms with Crippen LogP contribution in [0.1, 0.15) is 38.5 Å². The minimum atomic E-state index is -1.22. The molecule has 104 valence electrons. The van der Waals surface area contributed by atoms with E-state index in [1.54, 1.807) is 0 Å². The van der Waals surface area contributed by atoms with Crippen molar-refractivity contribution in [3.8, 4) is 0 Å². The third-order valence-corrected chi connectivity index (χ3v) is 5.10. The van der Waals surface area contributed by atoms with Gasteiger partial charge in [0.15, 0.2) is 0 Å². The topological polar surface area (TPSA) is 107 Å². The van der Waals surface area contributed by atoms with Crippen LogP contribution < -0.4 is 0 Å². The molecule has 4 aliphatic rings. The SMILES string of the molecule is O=[N+]([O-])C(=C(O)C12CC3CC(CC(C3)C1)C2)[N+](=O)[O-]. The van der Waals surface area contributed by atoms with Crippen molar-refractivity contribution >= 4 is 0 Å². The quantitative estimate of drug-likeness (QED) is 0.480. The molecule has 0 aromatic carbocycles. The Morgan fingerprint density at radius 2 is 1.32 bits per heavy atom. The highest BCUT2D eigenvalue weighted by molar-refractivity contribution is 5.15. The number of hydrogen-bond donors (Lipinski definition) is 1. The van der Waals surface area contributed by atoms with Crippen molar-refractivity contribution in [1.82, 2.24) is 0 Å². The fourth-order valence-electron chi connectivity index (χ4n) is 4.88. The van der Waals surface area contributed by atoms with E-state index >= 15 is 0 Å². The normalized spacial score (nSPS) is 39.1. The van der Waals surface area contributed by atoms with Gasteiger partial charge >= 0.3 is 5.82 Å². The lowest BCUT2D eigenvalue weighted by Gasteiger charge is -2.55. The zero-order valence-corrected chi connectivity index (χ0v) is 10.4. The van der Waals surface area contributed by atoms with Crippen LogP contribution in [0.15, 0.2) is 11.6 Å². The standard InChI is InChI=1S/C12H16N2O5/c15-10(11(13(16)17)14(18)19)12-4-7-1-8(5-12)3-9(2-7)6-12/h7-9,15H,1-6H2. The van der Waals surface area contributed by atoms with Crippen LogP contribution in [-0.4, -0.2) is 15.0 Å². The zero-order chi connectivity index (χ0) is 13.8. The Kier molecular flexibility index (Phi) is 2.55. The Labute approximate surface area is 109 Å². The van der Waals surface area contributed by atoms with E-state index in [2.05, 4.69) is 0 Å². The van der Waals surface area contributed by atoms with Crippen LogP contribution in [0.5, 0.6) is 0 Å². The second kappa shape index (κ2) is 3.91. The van der Waals surface area contributed by atoms with Crippen molar-refractivity contribution < 1.29 is 15.0 Å². The predicted molar refractivity (Wildman–Crippen MR) is 64.2 cm³/mol. The molecule has 7 nitrogen and oxygen atoms in total. The van der Waals surface area contributed by atoms with Crippen molar-refractivity contribution in [2.45, 2.75) is 38.5 Å². The van der Waals surface area contributed by atoms with Gasteiger partial charge < -0.3 is 5.11 Å². The van der Waals surface area contributed by atoms with Gasteiger partial charge in [-0.05, 0) is 56.3 Å². The van der Waals surface area contributed by atoms with Gasteiger partial charge in [-0.15, -0.1) is 0 Å². The van der Waals surface area contributed by atoms with Gasteiger partial charge in [-0.3, -0.25) is 20.2 Å². The molecule has 0 heterocycles. The smallest absolute Gasteiger partial charge is 0.501 e. The first kappa shape index (κ1) is 12.4. The number of aliphatic hydroxyl groups is 1. The maximum Gasteiger partial charge on any atom is 0.597 e. The Bertz CT molecular complexity index is 433. The Morgan fingerprint density at radius 1 is 0.947 bits per heavy atom. The first-order valence-electron chi connectivity index (χ1n) is 6.64. The van der Waals surface area contributed by atoms with E-state index in [0.29, 0.717) is 37.0 Å². The third-order valence-electron chi connectivity index (χ3n) is 5.10. The minimum absolute atomic E-state index is 0.466. The van der Waals surface area contributed by atoms with Gasteiger partial charge in [-0.1, -0.05) is 0 Å². The van der Waals surface area contributed by atoms with Gasteiger partial charge in [0.1, 0.15) is 9.85 Å². The average molecular weight is 268 g/mol. The molecule has 0 saturated heterocycles. The summed E-state index contributed by atoms with van der Waals surface area (Å²) in [5, 5.41) is 31.9. The highest BCUT2D eigenvalue weighted by atomic mass is 16.7. The van der Waals surface area contributed by atoms with Gasteiger partial charge in [-0.25, -0.2) is 0 Å². The van der Waals surface area contributed by atoms with Crippen molar-refractivity contribution in [1.29, 1.82) is 0 Å². The molecule has 0 amide bonds. The van der Waals surface area contributed by atoms with Gasteiger partial charge in [0.2, 0.25) is 0 Å². The molecule has 4 saturated carbocycles. The second-order valence-corrected chi connectivity index (χ2v) is 6.38. The second-order valence-electron chi connectivity index (χ2n) is 6.38. The largest absolute Gasteiger partial charge is 0.597 e. The van der Waals surface area contributed by atoms with E-state index in [4.69, 9.17) is 0 Å². The van der Waals surface area contributed by atoms with E-state index in [-0.39, 0.29) is 0 Å². The molecule has 1 N–H and O–H groups in total. The number of allylic oxidation sites excluding steroid dienone is 1. The molecule has 7 heteroatoms. The summed E-state index contributed by atoms with van der Waals surface area (Å²) in [6, 6.07) is 0. The maximum absolute atomic E-state index is 10.8. The molecule has 0 radical (unpaired) electrons. The van der Waals surface area contributed by atoms with E-state index in [0.717, 1.165) is 19.3 Å². The number of nitrogens with zero attached hydrogens (tertiary/aromatic N) is 2. The van der Waals surface area contributed by atoms with Crippen LogP contribution in [0, 0.1) is 43.4 Å². The van der Waals surface area contributed by atoms with Crippen molar-refractivity contribution in [3.63, 3.8) is 0 Å². The molecule has 4 fully saturated rings. The van der Waals surface area contributed by atoms with Gasteiger partial charge in [0.05, 0.1) is 0 Å². The van der Waals surface area contributed by atoms with Crippen LogP contribution in [0.2, 0.25) is 0 Å². The Morgan fingerprint density at radius 3 is 1.63 bits per heavy atom. The van der Waals surface area contributed by atoms with Crippen molar-refractivity contribution in [3.05, 3.63) is 31.8 Å². The average Bonchev–Trinajstić information content (AvgIpc) is 2.25. The van der Waals surface area contributed by atoms with Gasteiger partial charge in [-0.2, -0.15) is 0 Å². The molecule has 0 unspecified atom stereocenters. The molecule has 4 rings (SSSR count). The lowest BCUT2D eigenvalue weighted by atomic mass is 9.49. The van der Waals surface area contributed by atoms with Crippen LogP contribution in [0.3, 0.4) is 0 Å². The summed E-state index contributed by atoms with van der Waals surface area (Å²) >= 11 is 0. The molecule has 4 bridgehead atoms. The molecule has 0 aromatic rings. The summed E-state index contributed by atoms with van der Waals surface area (Å²) in [6.07, 6.45) is 5.32. The molecule has 0 aliphatic heterocycles. The molecular formula is C12H16N2O5. The Balaban J connectivity index is 2.03.